The molecule has 0 radical (unpaired) electrons. The van der Waals surface area contributed by atoms with E-state index < -0.39 is 17.3 Å². The molecule has 3 aromatic rings. The number of halogens is 1. The molecule has 4 rings (SSSR count). The summed E-state index contributed by atoms with van der Waals surface area (Å²) in [6, 6.07) is 2.72. The van der Waals surface area contributed by atoms with E-state index >= 15 is 0 Å². The third-order valence-corrected chi connectivity index (χ3v) is 5.02. The average molecular weight is 453 g/mol. The minimum absolute atomic E-state index is 0.0275. The number of carbonyl (C=O) groups excluding carboxylic acids is 1. The number of hydrogen-bond acceptors (Lipinski definition) is 6. The molecule has 1 aliphatic rings. The summed E-state index contributed by atoms with van der Waals surface area (Å²) in [5.74, 6) is 5.21. The van der Waals surface area contributed by atoms with Crippen molar-refractivity contribution >= 4 is 5.91 Å². The quantitative estimate of drug-likeness (QED) is 0.583. The number of fused-ring (bicyclic) bond motifs is 3. The second kappa shape index (κ2) is 8.26. The van der Waals surface area contributed by atoms with Crippen LogP contribution in [0.3, 0.4) is 0 Å². The van der Waals surface area contributed by atoms with Crippen molar-refractivity contribution in [2.45, 2.75) is 39.5 Å². The molecule has 172 valence electrons. The molecular weight excluding hydrogens is 429 g/mol. The van der Waals surface area contributed by atoms with Crippen LogP contribution in [0.1, 0.15) is 41.3 Å². The number of rotatable bonds is 4. The number of aromatic nitrogens is 4. The fraction of sp³-hybridized carbons (Fsp3) is 0.348. The molecule has 10 heteroatoms. The first-order chi connectivity index (χ1) is 15.5. The molecule has 3 N–H and O–H groups in total. The van der Waals surface area contributed by atoms with Crippen LogP contribution in [0.2, 0.25) is 0 Å². The summed E-state index contributed by atoms with van der Waals surface area (Å²) in [4.78, 5) is 16.6. The van der Waals surface area contributed by atoms with Gasteiger partial charge in [0, 0.05) is 13.1 Å². The molecule has 0 fully saturated rings. The first-order valence-corrected chi connectivity index (χ1v) is 10.3. The zero-order valence-corrected chi connectivity index (χ0v) is 18.8. The molecule has 0 aliphatic carbocycles. The molecule has 0 atom stereocenters. The highest BCUT2D eigenvalue weighted by Crippen LogP contribution is 2.35. The Morgan fingerprint density at radius 2 is 2.18 bits per heavy atom. The lowest BCUT2D eigenvalue weighted by molar-refractivity contribution is 0.0992. The summed E-state index contributed by atoms with van der Waals surface area (Å²) in [6.45, 7) is 5.43. The standard InChI is InChI=1S/C23H24FN5O4/c1-13-19(11-28(4)27-13)33-12-17-20(21(25)30)26-22-15-9-14(5-6-23(2,3)31)16(24)10-18(15)32-8-7-29(17)22/h9-11,31H,7-8,12H2,1-4H3,(H2,25,30). The van der Waals surface area contributed by atoms with Crippen LogP contribution in [0.4, 0.5) is 4.39 Å². The number of nitrogens with zero attached hydrogens (tertiary/aromatic N) is 4. The summed E-state index contributed by atoms with van der Waals surface area (Å²) < 4.78 is 29.7. The Kier molecular flexibility index (Phi) is 5.59. The van der Waals surface area contributed by atoms with Crippen LogP contribution in [-0.2, 0) is 20.2 Å². The average Bonchev–Trinajstić information content (AvgIpc) is 3.18. The van der Waals surface area contributed by atoms with Crippen LogP contribution >= 0.6 is 0 Å². The van der Waals surface area contributed by atoms with E-state index in [9.17, 15) is 14.3 Å². The Balaban J connectivity index is 1.80. The van der Waals surface area contributed by atoms with Gasteiger partial charge in [-0.25, -0.2) is 9.37 Å². The highest BCUT2D eigenvalue weighted by molar-refractivity contribution is 5.93. The number of hydrogen-bond donors (Lipinski definition) is 2. The van der Waals surface area contributed by atoms with E-state index in [-0.39, 0.29) is 30.2 Å². The van der Waals surface area contributed by atoms with Crippen molar-refractivity contribution in [1.29, 1.82) is 0 Å². The van der Waals surface area contributed by atoms with E-state index in [1.165, 1.54) is 26.0 Å². The highest BCUT2D eigenvalue weighted by atomic mass is 19.1. The number of ether oxygens (including phenoxy) is 2. The molecule has 33 heavy (non-hydrogen) atoms. The van der Waals surface area contributed by atoms with Crippen LogP contribution in [0.5, 0.6) is 11.5 Å². The minimum Gasteiger partial charge on any atom is -0.491 e. The lowest BCUT2D eigenvalue weighted by Crippen LogP contribution is -2.18. The lowest BCUT2D eigenvalue weighted by Gasteiger charge is -2.10. The van der Waals surface area contributed by atoms with Gasteiger partial charge in [0.05, 0.1) is 29.6 Å². The summed E-state index contributed by atoms with van der Waals surface area (Å²) >= 11 is 0. The van der Waals surface area contributed by atoms with Gasteiger partial charge in [0.2, 0.25) is 0 Å². The molecule has 2 aromatic heterocycles. The first-order valence-electron chi connectivity index (χ1n) is 10.3. The normalized spacial score (nSPS) is 12.7. The summed E-state index contributed by atoms with van der Waals surface area (Å²) in [7, 11) is 1.78. The monoisotopic (exact) mass is 453 g/mol. The smallest absolute Gasteiger partial charge is 0.269 e. The van der Waals surface area contributed by atoms with Crippen LogP contribution < -0.4 is 15.2 Å². The SMILES string of the molecule is Cc1nn(C)cc1OCc1c(C(N)=O)nc2n1CCOc1cc(F)c(C#CC(C)(C)O)cc1-2. The van der Waals surface area contributed by atoms with E-state index in [0.29, 0.717) is 35.1 Å². The van der Waals surface area contributed by atoms with Gasteiger partial charge in [-0.2, -0.15) is 5.10 Å². The molecule has 0 saturated heterocycles. The summed E-state index contributed by atoms with van der Waals surface area (Å²) in [5, 5.41) is 14.1. The predicted molar refractivity (Wildman–Crippen MR) is 117 cm³/mol. The molecule has 0 saturated carbocycles. The van der Waals surface area contributed by atoms with Crippen molar-refractivity contribution in [3.05, 3.63) is 46.8 Å². The van der Waals surface area contributed by atoms with Gasteiger partial charge in [-0.05, 0) is 26.8 Å². The topological polar surface area (TPSA) is 117 Å². The van der Waals surface area contributed by atoms with Crippen molar-refractivity contribution in [2.24, 2.45) is 12.8 Å². The fourth-order valence-electron chi connectivity index (χ4n) is 3.55. The van der Waals surface area contributed by atoms with Gasteiger partial charge in [0.15, 0.2) is 11.4 Å². The molecule has 3 heterocycles. The van der Waals surface area contributed by atoms with E-state index in [1.54, 1.807) is 22.5 Å². The summed E-state index contributed by atoms with van der Waals surface area (Å²) in [5.41, 5.74) is 6.09. The molecule has 9 nitrogen and oxygen atoms in total. The van der Waals surface area contributed by atoms with Crippen LogP contribution in [0.15, 0.2) is 18.3 Å². The fourth-order valence-corrected chi connectivity index (χ4v) is 3.55. The van der Waals surface area contributed by atoms with Gasteiger partial charge >= 0.3 is 0 Å². The zero-order chi connectivity index (χ0) is 23.9. The number of imidazole rings is 1. The number of aliphatic hydroxyl groups is 1. The van der Waals surface area contributed by atoms with E-state index in [0.717, 1.165) is 0 Å². The Bertz CT molecular complexity index is 1310. The van der Waals surface area contributed by atoms with Crippen molar-refractivity contribution in [3.8, 4) is 34.7 Å². The number of benzene rings is 1. The number of aryl methyl sites for hydroxylation is 2. The van der Waals surface area contributed by atoms with Crippen molar-refractivity contribution < 1.29 is 23.8 Å². The predicted octanol–water partition coefficient (Wildman–Crippen LogP) is 1.92. The maximum absolute atomic E-state index is 14.6. The van der Waals surface area contributed by atoms with E-state index in [1.807, 2.05) is 6.92 Å². The van der Waals surface area contributed by atoms with Crippen molar-refractivity contribution in [1.82, 2.24) is 19.3 Å². The van der Waals surface area contributed by atoms with E-state index in [2.05, 4.69) is 21.9 Å². The third kappa shape index (κ3) is 4.54. The van der Waals surface area contributed by atoms with Crippen LogP contribution in [0, 0.1) is 24.6 Å². The molecule has 1 amide bonds. The second-order valence-corrected chi connectivity index (χ2v) is 8.27. The van der Waals surface area contributed by atoms with Gasteiger partial charge in [0.1, 0.15) is 41.9 Å². The summed E-state index contributed by atoms with van der Waals surface area (Å²) in [6.07, 6.45) is 1.73. The number of primary amides is 1. The maximum Gasteiger partial charge on any atom is 0.269 e. The van der Waals surface area contributed by atoms with Crippen LogP contribution in [0.25, 0.3) is 11.4 Å². The van der Waals surface area contributed by atoms with Gasteiger partial charge in [-0.1, -0.05) is 11.8 Å². The largest absolute Gasteiger partial charge is 0.491 e. The van der Waals surface area contributed by atoms with Crippen molar-refractivity contribution in [3.63, 3.8) is 0 Å². The molecule has 1 aromatic carbocycles. The molecule has 0 spiro atoms. The number of amides is 1. The number of carbonyl (C=O) groups is 1. The Labute approximate surface area is 189 Å². The number of nitrogens with two attached hydrogens (primary N) is 1. The molecule has 0 bridgehead atoms. The van der Waals surface area contributed by atoms with Gasteiger partial charge in [-0.15, -0.1) is 0 Å². The van der Waals surface area contributed by atoms with Crippen molar-refractivity contribution in [2.75, 3.05) is 6.61 Å². The van der Waals surface area contributed by atoms with Gasteiger partial charge < -0.3 is 24.9 Å². The Morgan fingerprint density at radius 1 is 1.42 bits per heavy atom. The van der Waals surface area contributed by atoms with E-state index in [4.69, 9.17) is 15.2 Å². The molecule has 0 unspecified atom stereocenters. The maximum atomic E-state index is 14.6. The van der Waals surface area contributed by atoms with Gasteiger partial charge in [-0.3, -0.25) is 9.48 Å². The van der Waals surface area contributed by atoms with Gasteiger partial charge in [0.25, 0.3) is 5.91 Å². The zero-order valence-electron chi connectivity index (χ0n) is 18.8. The highest BCUT2D eigenvalue weighted by Gasteiger charge is 2.27. The lowest BCUT2D eigenvalue weighted by atomic mass is 10.1. The molecule has 1 aliphatic heterocycles. The van der Waals surface area contributed by atoms with Crippen LogP contribution in [-0.4, -0.2) is 42.6 Å². The third-order valence-electron chi connectivity index (χ3n) is 5.02. The second-order valence-electron chi connectivity index (χ2n) is 8.27. The Morgan fingerprint density at radius 3 is 2.82 bits per heavy atom. The minimum atomic E-state index is -1.29. The Hall–Kier alpha value is -3.84. The first kappa shape index (κ1) is 22.4. The molecular formula is C23H24FN5O4.